The predicted molar refractivity (Wildman–Crippen MR) is 49.0 cm³/mol. The average molecular weight is 204 g/mol. The smallest absolute Gasteiger partial charge is 0.239 e. The van der Waals surface area contributed by atoms with Gasteiger partial charge in [-0.15, -0.1) is 0 Å². The summed E-state index contributed by atoms with van der Waals surface area (Å²) in [5.41, 5.74) is 3.79. The number of rotatable bonds is 4. The first kappa shape index (κ1) is 12.8. The summed E-state index contributed by atoms with van der Waals surface area (Å²) in [7, 11) is 0. The lowest BCUT2D eigenvalue weighted by Gasteiger charge is -2.21. The Morgan fingerprint density at radius 3 is 1.57 bits per heavy atom. The Morgan fingerprint density at radius 1 is 1.07 bits per heavy atom. The van der Waals surface area contributed by atoms with Crippen molar-refractivity contribution in [2.24, 2.45) is 23.5 Å². The molecule has 2 atom stereocenters. The molecule has 2 unspecified atom stereocenters. The molecule has 0 saturated carbocycles. The van der Waals surface area contributed by atoms with Crippen LogP contribution in [0.3, 0.4) is 0 Å². The second-order valence-electron chi connectivity index (χ2n) is 3.09. The molecule has 0 heterocycles. The second-order valence-corrected chi connectivity index (χ2v) is 3.09. The van der Waals surface area contributed by atoms with E-state index >= 15 is 0 Å². The van der Waals surface area contributed by atoms with Gasteiger partial charge >= 0.3 is 0 Å². The fraction of sp³-hybridized carbons (Fsp3) is 0.714. The van der Waals surface area contributed by atoms with E-state index in [0.717, 1.165) is 0 Å². The average Bonchev–Trinajstić information content (AvgIpc) is 2.23. The van der Waals surface area contributed by atoms with E-state index in [1.807, 2.05) is 10.9 Å². The van der Waals surface area contributed by atoms with E-state index in [-0.39, 0.29) is 0 Å². The van der Waals surface area contributed by atoms with Crippen LogP contribution in [0.2, 0.25) is 0 Å². The highest BCUT2D eigenvalue weighted by Gasteiger charge is 2.30. The first-order valence-corrected chi connectivity index (χ1v) is 4.14. The van der Waals surface area contributed by atoms with E-state index < -0.39 is 29.8 Å². The quantitative estimate of drug-likeness (QED) is 0.198. The molecule has 0 saturated heterocycles. The van der Waals surface area contributed by atoms with E-state index in [2.05, 4.69) is 0 Å². The van der Waals surface area contributed by atoms with Crippen LogP contribution >= 0.6 is 0 Å². The lowest BCUT2D eigenvalue weighted by molar-refractivity contribution is -0.134. The molecule has 2 amide bonds. The molecule has 0 aliphatic rings. The number of hydrogen-bond acceptors (Lipinski definition) is 5. The van der Waals surface area contributed by atoms with Crippen molar-refractivity contribution in [1.29, 1.82) is 0 Å². The van der Waals surface area contributed by atoms with Crippen molar-refractivity contribution in [3.8, 4) is 0 Å². The van der Waals surface area contributed by atoms with Gasteiger partial charge in [-0.1, -0.05) is 13.8 Å². The van der Waals surface area contributed by atoms with Crippen LogP contribution in [-0.4, -0.2) is 23.0 Å². The molecule has 0 aliphatic carbocycles. The number of carbonyl (C=O) groups excluding carboxylic acids is 2. The molecule has 82 valence electrons. The summed E-state index contributed by atoms with van der Waals surface area (Å²) < 4.78 is 0. The first-order chi connectivity index (χ1) is 6.45. The molecular formula is C7H16N4O3. The minimum absolute atomic E-state index is 0.533. The zero-order valence-corrected chi connectivity index (χ0v) is 8.15. The number of amides is 2. The van der Waals surface area contributed by atoms with Gasteiger partial charge in [-0.05, 0) is 0 Å². The molecule has 7 N–H and O–H groups in total. The van der Waals surface area contributed by atoms with E-state index in [0.29, 0.717) is 0 Å². The number of hydrogen-bond donors (Lipinski definition) is 5. The third-order valence-corrected chi connectivity index (χ3v) is 2.14. The van der Waals surface area contributed by atoms with Gasteiger partial charge in [-0.2, -0.15) is 0 Å². The van der Waals surface area contributed by atoms with Crippen molar-refractivity contribution in [3.63, 3.8) is 0 Å². The highest BCUT2D eigenvalue weighted by molar-refractivity contribution is 5.82. The fourth-order valence-corrected chi connectivity index (χ4v) is 1.01. The van der Waals surface area contributed by atoms with Crippen LogP contribution < -0.4 is 22.5 Å². The molecule has 0 spiro atoms. The van der Waals surface area contributed by atoms with Gasteiger partial charge in [-0.3, -0.25) is 20.4 Å². The monoisotopic (exact) mass is 204 g/mol. The molecule has 7 nitrogen and oxygen atoms in total. The number of nitrogens with two attached hydrogens (primary N) is 2. The molecule has 0 fully saturated rings. The molecular weight excluding hydrogens is 188 g/mol. The minimum Gasteiger partial charge on any atom is -0.391 e. The van der Waals surface area contributed by atoms with Gasteiger partial charge in [0.15, 0.2) is 0 Å². The lowest BCUT2D eigenvalue weighted by atomic mass is 9.92. The second kappa shape index (κ2) is 5.53. The molecule has 14 heavy (non-hydrogen) atoms. The van der Waals surface area contributed by atoms with E-state index in [1.165, 1.54) is 13.8 Å². The Morgan fingerprint density at radius 2 is 1.36 bits per heavy atom. The Labute approximate surface area is 81.8 Å². The van der Waals surface area contributed by atoms with Crippen LogP contribution in [0, 0.1) is 11.8 Å². The van der Waals surface area contributed by atoms with Gasteiger partial charge in [0.1, 0.15) is 0 Å². The minimum atomic E-state index is -1.12. The standard InChI is InChI=1S/C7H16N4O3/c1-3(6(13)10-8)5(12)4(2)7(14)11-9/h3-5,12H,8-9H2,1-2H3,(H,10,13)(H,11,14). The summed E-state index contributed by atoms with van der Waals surface area (Å²) >= 11 is 0. The van der Waals surface area contributed by atoms with Crippen molar-refractivity contribution in [1.82, 2.24) is 10.9 Å². The van der Waals surface area contributed by atoms with Gasteiger partial charge in [-0.25, -0.2) is 11.7 Å². The van der Waals surface area contributed by atoms with Crippen LogP contribution in [-0.2, 0) is 9.59 Å². The zero-order valence-electron chi connectivity index (χ0n) is 8.15. The van der Waals surface area contributed by atoms with Crippen LogP contribution in [0.15, 0.2) is 0 Å². The summed E-state index contributed by atoms with van der Waals surface area (Å²) in [6, 6.07) is 0. The van der Waals surface area contributed by atoms with E-state index in [9.17, 15) is 14.7 Å². The molecule has 7 heteroatoms. The van der Waals surface area contributed by atoms with Crippen molar-refractivity contribution in [2.75, 3.05) is 0 Å². The van der Waals surface area contributed by atoms with Crippen LogP contribution in [0.4, 0.5) is 0 Å². The Kier molecular flexibility index (Phi) is 5.06. The maximum atomic E-state index is 11.0. The number of nitrogens with one attached hydrogen (secondary N) is 2. The third kappa shape index (κ3) is 2.95. The molecule has 0 aliphatic heterocycles. The van der Waals surface area contributed by atoms with Crippen molar-refractivity contribution >= 4 is 11.8 Å². The van der Waals surface area contributed by atoms with Crippen molar-refractivity contribution in [3.05, 3.63) is 0 Å². The summed E-state index contributed by atoms with van der Waals surface area (Å²) in [6.45, 7) is 2.93. The van der Waals surface area contributed by atoms with Gasteiger partial charge in [0.05, 0.1) is 17.9 Å². The van der Waals surface area contributed by atoms with E-state index in [1.54, 1.807) is 0 Å². The van der Waals surface area contributed by atoms with Gasteiger partial charge in [0.25, 0.3) is 0 Å². The Balaban J connectivity index is 4.37. The highest BCUT2D eigenvalue weighted by Crippen LogP contribution is 2.12. The summed E-state index contributed by atoms with van der Waals surface area (Å²) in [5.74, 6) is 7.16. The summed E-state index contributed by atoms with van der Waals surface area (Å²) in [4.78, 5) is 22.0. The predicted octanol–water partition coefficient (Wildman–Crippen LogP) is -2.40. The van der Waals surface area contributed by atoms with Crippen molar-refractivity contribution in [2.45, 2.75) is 20.0 Å². The molecule has 0 rings (SSSR count). The fourth-order valence-electron chi connectivity index (χ4n) is 1.01. The van der Waals surface area contributed by atoms with Gasteiger partial charge in [0, 0.05) is 0 Å². The van der Waals surface area contributed by atoms with Crippen LogP contribution in [0.5, 0.6) is 0 Å². The number of aliphatic hydroxyl groups is 1. The maximum absolute atomic E-state index is 11.0. The zero-order chi connectivity index (χ0) is 11.3. The Bertz CT molecular complexity index is 199. The normalized spacial score (nSPS) is 16.6. The topological polar surface area (TPSA) is 130 Å². The number of hydrazine groups is 2. The Hall–Kier alpha value is -1.18. The maximum Gasteiger partial charge on any atom is 0.239 e. The molecule has 0 radical (unpaired) electrons. The van der Waals surface area contributed by atoms with E-state index in [4.69, 9.17) is 11.7 Å². The number of carbonyl (C=O) groups is 2. The van der Waals surface area contributed by atoms with Crippen LogP contribution in [0.1, 0.15) is 13.8 Å². The van der Waals surface area contributed by atoms with Crippen molar-refractivity contribution < 1.29 is 14.7 Å². The first-order valence-electron chi connectivity index (χ1n) is 4.14. The number of aliphatic hydroxyl groups excluding tert-OH is 1. The highest BCUT2D eigenvalue weighted by atomic mass is 16.3. The lowest BCUT2D eigenvalue weighted by Crippen LogP contribution is -2.46. The molecule has 0 aromatic rings. The summed E-state index contributed by atoms with van der Waals surface area (Å²) in [6.07, 6.45) is -1.12. The molecule has 0 aromatic heterocycles. The molecule has 0 aromatic carbocycles. The molecule has 0 bridgehead atoms. The van der Waals surface area contributed by atoms with Gasteiger partial charge < -0.3 is 5.11 Å². The van der Waals surface area contributed by atoms with Gasteiger partial charge in [0.2, 0.25) is 11.8 Å². The summed E-state index contributed by atoms with van der Waals surface area (Å²) in [5, 5.41) is 9.56. The van der Waals surface area contributed by atoms with Crippen LogP contribution in [0.25, 0.3) is 0 Å². The third-order valence-electron chi connectivity index (χ3n) is 2.14. The SMILES string of the molecule is CC(C(=O)NN)C(O)C(C)C(=O)NN. The largest absolute Gasteiger partial charge is 0.391 e.